The number of H-pyrrole nitrogens is 1. The lowest BCUT2D eigenvalue weighted by molar-refractivity contribution is 1.35. The molecule has 2 heteroatoms. The summed E-state index contributed by atoms with van der Waals surface area (Å²) in [5.41, 5.74) is 3.90. The van der Waals surface area contributed by atoms with E-state index in [4.69, 9.17) is 0 Å². The number of rotatable bonds is 3. The predicted molar refractivity (Wildman–Crippen MR) is 79.0 cm³/mol. The highest BCUT2D eigenvalue weighted by molar-refractivity contribution is 7.98. The summed E-state index contributed by atoms with van der Waals surface area (Å²) < 4.78 is 0. The van der Waals surface area contributed by atoms with Crippen LogP contribution in [0.3, 0.4) is 0 Å². The SMILES string of the molecule is Cc1ccc(CSc2c[nH]c3ccccc23)cc1. The van der Waals surface area contributed by atoms with Crippen molar-refractivity contribution in [3.63, 3.8) is 0 Å². The van der Waals surface area contributed by atoms with Crippen molar-refractivity contribution in [2.45, 2.75) is 17.6 Å². The summed E-state index contributed by atoms with van der Waals surface area (Å²) in [5.74, 6) is 1.02. The van der Waals surface area contributed by atoms with E-state index in [1.807, 2.05) is 11.8 Å². The molecule has 1 heterocycles. The maximum Gasteiger partial charge on any atom is 0.0465 e. The number of aromatic amines is 1. The first-order valence-corrected chi connectivity index (χ1v) is 7.06. The number of aryl methyl sites for hydroxylation is 1. The van der Waals surface area contributed by atoms with Crippen LogP contribution in [0.25, 0.3) is 10.9 Å². The molecule has 0 unspecified atom stereocenters. The molecule has 0 bridgehead atoms. The molecule has 0 amide bonds. The van der Waals surface area contributed by atoms with Crippen molar-refractivity contribution in [3.8, 4) is 0 Å². The van der Waals surface area contributed by atoms with Crippen LogP contribution in [0.4, 0.5) is 0 Å². The third kappa shape index (κ3) is 2.29. The normalized spacial score (nSPS) is 10.9. The molecular weight excluding hydrogens is 238 g/mol. The number of thioether (sulfide) groups is 1. The smallest absolute Gasteiger partial charge is 0.0465 e. The second-order valence-corrected chi connectivity index (χ2v) is 5.49. The lowest BCUT2D eigenvalue weighted by Gasteiger charge is -2.01. The molecule has 0 spiro atoms. The van der Waals surface area contributed by atoms with Crippen molar-refractivity contribution in [1.82, 2.24) is 4.98 Å². The predicted octanol–water partition coefficient (Wildman–Crippen LogP) is 4.77. The summed E-state index contributed by atoms with van der Waals surface area (Å²) in [6, 6.07) is 17.2. The zero-order chi connectivity index (χ0) is 12.4. The maximum absolute atomic E-state index is 3.31. The molecule has 0 atom stereocenters. The number of hydrogen-bond acceptors (Lipinski definition) is 1. The Bertz CT molecular complexity index is 652. The fraction of sp³-hybridized carbons (Fsp3) is 0.125. The van der Waals surface area contributed by atoms with Crippen LogP contribution in [0.2, 0.25) is 0 Å². The molecule has 0 aliphatic carbocycles. The lowest BCUT2D eigenvalue weighted by atomic mass is 10.2. The van der Waals surface area contributed by atoms with Gasteiger partial charge in [0.2, 0.25) is 0 Å². The van der Waals surface area contributed by atoms with Gasteiger partial charge >= 0.3 is 0 Å². The van der Waals surface area contributed by atoms with Crippen molar-refractivity contribution in [1.29, 1.82) is 0 Å². The van der Waals surface area contributed by atoms with E-state index in [1.165, 1.54) is 26.9 Å². The van der Waals surface area contributed by atoms with Gasteiger partial charge in [-0.05, 0) is 18.6 Å². The Labute approximate surface area is 111 Å². The molecule has 3 rings (SSSR count). The number of aromatic nitrogens is 1. The highest BCUT2D eigenvalue weighted by Crippen LogP contribution is 2.30. The summed E-state index contributed by atoms with van der Waals surface area (Å²) in [6.45, 7) is 2.12. The first-order valence-electron chi connectivity index (χ1n) is 6.07. The summed E-state index contributed by atoms with van der Waals surface area (Å²) in [5, 5.41) is 1.31. The van der Waals surface area contributed by atoms with Gasteiger partial charge in [0.15, 0.2) is 0 Å². The average Bonchev–Trinajstić information content (AvgIpc) is 2.82. The molecule has 0 radical (unpaired) electrons. The zero-order valence-corrected chi connectivity index (χ0v) is 11.1. The minimum absolute atomic E-state index is 1.02. The summed E-state index contributed by atoms with van der Waals surface area (Å²) in [7, 11) is 0. The second kappa shape index (κ2) is 4.91. The Kier molecular flexibility index (Phi) is 3.11. The molecule has 0 saturated carbocycles. The zero-order valence-electron chi connectivity index (χ0n) is 10.3. The van der Waals surface area contributed by atoms with Gasteiger partial charge < -0.3 is 4.98 Å². The number of hydrogen-bond donors (Lipinski definition) is 1. The number of fused-ring (bicyclic) bond motifs is 1. The molecule has 18 heavy (non-hydrogen) atoms. The van der Waals surface area contributed by atoms with Gasteiger partial charge in [-0.2, -0.15) is 0 Å². The monoisotopic (exact) mass is 253 g/mol. The molecule has 90 valence electrons. The summed E-state index contributed by atoms with van der Waals surface area (Å²) >= 11 is 1.88. The largest absolute Gasteiger partial charge is 0.360 e. The van der Waals surface area contributed by atoms with Crippen LogP contribution in [0.1, 0.15) is 11.1 Å². The van der Waals surface area contributed by atoms with Crippen LogP contribution < -0.4 is 0 Å². The average molecular weight is 253 g/mol. The van der Waals surface area contributed by atoms with Crippen molar-refractivity contribution in [2.75, 3.05) is 0 Å². The third-order valence-electron chi connectivity index (χ3n) is 3.07. The number of para-hydroxylation sites is 1. The quantitative estimate of drug-likeness (QED) is 0.665. The van der Waals surface area contributed by atoms with Gasteiger partial charge in [-0.1, -0.05) is 48.0 Å². The third-order valence-corrected chi connectivity index (χ3v) is 4.19. The first-order chi connectivity index (χ1) is 8.83. The van der Waals surface area contributed by atoms with Crippen LogP contribution in [0.15, 0.2) is 59.6 Å². The Morgan fingerprint density at radius 3 is 2.61 bits per heavy atom. The van der Waals surface area contributed by atoms with Crippen molar-refractivity contribution in [3.05, 3.63) is 65.9 Å². The van der Waals surface area contributed by atoms with E-state index in [-0.39, 0.29) is 0 Å². The molecule has 1 aromatic heterocycles. The van der Waals surface area contributed by atoms with Crippen LogP contribution in [0.5, 0.6) is 0 Å². The molecule has 0 aliphatic rings. The van der Waals surface area contributed by atoms with E-state index in [9.17, 15) is 0 Å². The maximum atomic E-state index is 3.31. The molecule has 1 nitrogen and oxygen atoms in total. The Balaban J connectivity index is 1.79. The summed E-state index contributed by atoms with van der Waals surface area (Å²) in [4.78, 5) is 4.64. The molecule has 0 fully saturated rings. The van der Waals surface area contributed by atoms with Gasteiger partial charge in [0, 0.05) is 27.7 Å². The lowest BCUT2D eigenvalue weighted by Crippen LogP contribution is -1.80. The van der Waals surface area contributed by atoms with Gasteiger partial charge in [0.25, 0.3) is 0 Å². The van der Waals surface area contributed by atoms with E-state index in [1.54, 1.807) is 0 Å². The Hall–Kier alpha value is -1.67. The van der Waals surface area contributed by atoms with Crippen LogP contribution >= 0.6 is 11.8 Å². The van der Waals surface area contributed by atoms with E-state index in [0.717, 1.165) is 5.75 Å². The molecule has 3 aromatic rings. The fourth-order valence-electron chi connectivity index (χ4n) is 2.01. The fourth-order valence-corrected chi connectivity index (χ4v) is 3.00. The van der Waals surface area contributed by atoms with Crippen LogP contribution in [-0.2, 0) is 5.75 Å². The van der Waals surface area contributed by atoms with Gasteiger partial charge in [-0.25, -0.2) is 0 Å². The van der Waals surface area contributed by atoms with Crippen LogP contribution in [-0.4, -0.2) is 4.98 Å². The molecule has 1 N–H and O–H groups in total. The van der Waals surface area contributed by atoms with Gasteiger partial charge in [-0.3, -0.25) is 0 Å². The van der Waals surface area contributed by atoms with Gasteiger partial charge in [0.05, 0.1) is 0 Å². The highest BCUT2D eigenvalue weighted by Gasteiger charge is 2.03. The first kappa shape index (κ1) is 11.4. The number of nitrogens with one attached hydrogen (secondary N) is 1. The molecular formula is C16H15NS. The second-order valence-electron chi connectivity index (χ2n) is 4.47. The van der Waals surface area contributed by atoms with E-state index in [0.29, 0.717) is 0 Å². The van der Waals surface area contributed by atoms with Crippen molar-refractivity contribution < 1.29 is 0 Å². The van der Waals surface area contributed by atoms with Gasteiger partial charge in [-0.15, -0.1) is 11.8 Å². The van der Waals surface area contributed by atoms with Crippen molar-refractivity contribution >= 4 is 22.7 Å². The van der Waals surface area contributed by atoms with E-state index >= 15 is 0 Å². The van der Waals surface area contributed by atoms with E-state index in [2.05, 4.69) is 66.6 Å². The Morgan fingerprint density at radius 2 is 1.78 bits per heavy atom. The number of benzene rings is 2. The van der Waals surface area contributed by atoms with E-state index < -0.39 is 0 Å². The minimum atomic E-state index is 1.02. The van der Waals surface area contributed by atoms with Crippen LogP contribution in [0, 0.1) is 6.92 Å². The topological polar surface area (TPSA) is 15.8 Å². The molecule has 2 aromatic carbocycles. The minimum Gasteiger partial charge on any atom is -0.360 e. The molecule has 0 saturated heterocycles. The molecule has 0 aliphatic heterocycles. The summed E-state index contributed by atoms with van der Waals surface area (Å²) in [6.07, 6.45) is 2.10. The van der Waals surface area contributed by atoms with Crippen molar-refractivity contribution in [2.24, 2.45) is 0 Å². The Morgan fingerprint density at radius 1 is 1.00 bits per heavy atom. The standard InChI is InChI=1S/C16H15NS/c1-12-6-8-13(9-7-12)11-18-16-10-17-15-5-3-2-4-14(15)16/h2-10,17H,11H2,1H3. The highest BCUT2D eigenvalue weighted by atomic mass is 32.2. The van der Waals surface area contributed by atoms with Gasteiger partial charge in [0.1, 0.15) is 0 Å².